The highest BCUT2D eigenvalue weighted by atomic mass is 35.7. The minimum atomic E-state index is -0.245. The molecule has 1 aromatic rings. The Morgan fingerprint density at radius 3 is 2.44 bits per heavy atom. The normalized spacial score (nSPS) is 12.9. The Hall–Kier alpha value is -0.410. The quantitative estimate of drug-likeness (QED) is 0.776. The van der Waals surface area contributed by atoms with Crippen LogP contribution >= 0.6 is 21.7 Å². The van der Waals surface area contributed by atoms with Crippen molar-refractivity contribution < 1.29 is 9.13 Å². The zero-order chi connectivity index (χ0) is 12.3. The van der Waals surface area contributed by atoms with E-state index in [0.29, 0.717) is 17.2 Å². The minimum Gasteiger partial charge on any atom is -0.496 e. The van der Waals surface area contributed by atoms with Crippen LogP contribution in [-0.4, -0.2) is 7.11 Å². The topological polar surface area (TPSA) is 9.23 Å². The van der Waals surface area contributed by atoms with E-state index < -0.39 is 0 Å². The SMILES string of the molecule is COc1cc(C(SCl)C(C)C)cc(F)c1C. The Labute approximate surface area is 105 Å². The highest BCUT2D eigenvalue weighted by Gasteiger charge is 2.19. The van der Waals surface area contributed by atoms with Gasteiger partial charge in [-0.3, -0.25) is 0 Å². The summed E-state index contributed by atoms with van der Waals surface area (Å²) in [6, 6.07) is 3.40. The lowest BCUT2D eigenvalue weighted by Gasteiger charge is -2.19. The maximum atomic E-state index is 13.7. The lowest BCUT2D eigenvalue weighted by Crippen LogP contribution is -2.03. The molecule has 0 spiro atoms. The summed E-state index contributed by atoms with van der Waals surface area (Å²) in [6.45, 7) is 5.82. The van der Waals surface area contributed by atoms with Crippen molar-refractivity contribution in [2.45, 2.75) is 26.0 Å². The zero-order valence-corrected chi connectivity index (χ0v) is 11.5. The number of benzene rings is 1. The Morgan fingerprint density at radius 1 is 1.38 bits per heavy atom. The molecule has 4 heteroatoms. The maximum absolute atomic E-state index is 13.7. The van der Waals surface area contributed by atoms with Crippen molar-refractivity contribution in [2.24, 2.45) is 5.92 Å². The molecule has 16 heavy (non-hydrogen) atoms. The van der Waals surface area contributed by atoms with Gasteiger partial charge in [0.05, 0.1) is 7.11 Å². The first kappa shape index (κ1) is 13.7. The van der Waals surface area contributed by atoms with Crippen LogP contribution in [0.25, 0.3) is 0 Å². The van der Waals surface area contributed by atoms with Gasteiger partial charge in [-0.1, -0.05) is 13.8 Å². The molecular formula is C12H16ClFOS. The average molecular weight is 263 g/mol. The summed E-state index contributed by atoms with van der Waals surface area (Å²) in [5.41, 5.74) is 1.41. The fraction of sp³-hybridized carbons (Fsp3) is 0.500. The molecular weight excluding hydrogens is 247 g/mol. The van der Waals surface area contributed by atoms with E-state index >= 15 is 0 Å². The molecule has 0 saturated carbocycles. The van der Waals surface area contributed by atoms with E-state index in [1.165, 1.54) is 17.0 Å². The van der Waals surface area contributed by atoms with Crippen molar-refractivity contribution in [1.29, 1.82) is 0 Å². The van der Waals surface area contributed by atoms with Crippen LogP contribution in [0, 0.1) is 18.7 Å². The van der Waals surface area contributed by atoms with Gasteiger partial charge in [-0.2, -0.15) is 0 Å². The summed E-state index contributed by atoms with van der Waals surface area (Å²) in [6.07, 6.45) is 0. The number of rotatable bonds is 4. The minimum absolute atomic E-state index is 0.0747. The molecule has 1 aromatic carbocycles. The van der Waals surface area contributed by atoms with Gasteiger partial charge in [-0.15, -0.1) is 0 Å². The predicted octanol–water partition coefficient (Wildman–Crippen LogP) is 4.73. The summed E-state index contributed by atoms with van der Waals surface area (Å²) in [7, 11) is 8.60. The van der Waals surface area contributed by atoms with Crippen molar-refractivity contribution in [3.05, 3.63) is 29.1 Å². The van der Waals surface area contributed by atoms with Gasteiger partial charge in [-0.25, -0.2) is 4.39 Å². The molecule has 0 heterocycles. The third-order valence-corrected chi connectivity index (χ3v) is 4.15. The van der Waals surface area contributed by atoms with Gasteiger partial charge in [0, 0.05) is 10.8 Å². The van der Waals surface area contributed by atoms with Crippen LogP contribution in [0.15, 0.2) is 12.1 Å². The first-order chi connectivity index (χ1) is 7.51. The fourth-order valence-electron chi connectivity index (χ4n) is 1.59. The van der Waals surface area contributed by atoms with Gasteiger partial charge < -0.3 is 4.74 Å². The molecule has 1 rings (SSSR count). The Bertz CT molecular complexity index is 368. The number of halogens is 2. The molecule has 1 nitrogen and oxygen atoms in total. The van der Waals surface area contributed by atoms with Crippen molar-refractivity contribution in [3.63, 3.8) is 0 Å². The molecule has 1 unspecified atom stereocenters. The van der Waals surface area contributed by atoms with Crippen LogP contribution in [-0.2, 0) is 0 Å². The van der Waals surface area contributed by atoms with E-state index in [-0.39, 0.29) is 11.1 Å². The van der Waals surface area contributed by atoms with E-state index in [1.807, 2.05) is 6.07 Å². The molecule has 0 aliphatic carbocycles. The number of hydrogen-bond donors (Lipinski definition) is 0. The van der Waals surface area contributed by atoms with Gasteiger partial charge in [-0.05, 0) is 52.2 Å². The first-order valence-electron chi connectivity index (χ1n) is 5.12. The predicted molar refractivity (Wildman–Crippen MR) is 68.7 cm³/mol. The van der Waals surface area contributed by atoms with E-state index in [4.69, 9.17) is 15.4 Å². The summed E-state index contributed by atoms with van der Waals surface area (Å²) in [5, 5.41) is 0.0747. The molecule has 0 aliphatic rings. The number of hydrogen-bond acceptors (Lipinski definition) is 2. The third-order valence-electron chi connectivity index (χ3n) is 2.57. The Morgan fingerprint density at radius 2 is 2.00 bits per heavy atom. The van der Waals surface area contributed by atoms with Gasteiger partial charge in [0.1, 0.15) is 11.6 Å². The van der Waals surface area contributed by atoms with E-state index in [1.54, 1.807) is 14.0 Å². The van der Waals surface area contributed by atoms with Crippen molar-refractivity contribution in [2.75, 3.05) is 7.11 Å². The highest BCUT2D eigenvalue weighted by molar-refractivity contribution is 8.21. The van der Waals surface area contributed by atoms with Crippen LogP contribution in [0.3, 0.4) is 0 Å². The second kappa shape index (κ2) is 5.78. The second-order valence-electron chi connectivity index (χ2n) is 4.08. The van der Waals surface area contributed by atoms with Gasteiger partial charge in [0.2, 0.25) is 0 Å². The van der Waals surface area contributed by atoms with Crippen LogP contribution in [0.5, 0.6) is 5.75 Å². The van der Waals surface area contributed by atoms with Gasteiger partial charge >= 0.3 is 0 Å². The summed E-state index contributed by atoms with van der Waals surface area (Å²) < 4.78 is 18.8. The first-order valence-corrected chi connectivity index (χ1v) is 6.83. The standard InChI is InChI=1S/C12H16ClFOS/c1-7(2)12(16-13)9-5-10(14)8(3)11(6-9)15-4/h5-7,12H,1-4H3. The van der Waals surface area contributed by atoms with Crippen molar-refractivity contribution >= 4 is 21.7 Å². The van der Waals surface area contributed by atoms with Crippen LogP contribution in [0.1, 0.15) is 30.2 Å². The van der Waals surface area contributed by atoms with E-state index in [0.717, 1.165) is 5.56 Å². The maximum Gasteiger partial charge on any atom is 0.130 e. The monoisotopic (exact) mass is 262 g/mol. The smallest absolute Gasteiger partial charge is 0.130 e. The second-order valence-corrected chi connectivity index (χ2v) is 5.30. The summed E-state index contributed by atoms with van der Waals surface area (Å²) >= 11 is 0. The van der Waals surface area contributed by atoms with Crippen molar-refractivity contribution in [1.82, 2.24) is 0 Å². The summed E-state index contributed by atoms with van der Waals surface area (Å²) in [5.74, 6) is 0.673. The molecule has 90 valence electrons. The van der Waals surface area contributed by atoms with E-state index in [2.05, 4.69) is 13.8 Å². The highest BCUT2D eigenvalue weighted by Crippen LogP contribution is 2.40. The molecule has 0 amide bonds. The molecule has 0 radical (unpaired) electrons. The molecule has 0 N–H and O–H groups in total. The van der Waals surface area contributed by atoms with Crippen LogP contribution in [0.2, 0.25) is 0 Å². The molecule has 0 bridgehead atoms. The van der Waals surface area contributed by atoms with E-state index in [9.17, 15) is 4.39 Å². The van der Waals surface area contributed by atoms with Crippen LogP contribution < -0.4 is 4.74 Å². The fourth-order valence-corrected chi connectivity index (χ4v) is 2.96. The molecule has 0 aromatic heterocycles. The lowest BCUT2D eigenvalue weighted by molar-refractivity contribution is 0.406. The molecule has 1 atom stereocenters. The Balaban J connectivity index is 3.19. The average Bonchev–Trinajstić information content (AvgIpc) is 2.23. The van der Waals surface area contributed by atoms with Gasteiger partial charge in [0.25, 0.3) is 0 Å². The third kappa shape index (κ3) is 2.83. The summed E-state index contributed by atoms with van der Waals surface area (Å²) in [4.78, 5) is 0. The van der Waals surface area contributed by atoms with Crippen molar-refractivity contribution in [3.8, 4) is 5.75 Å². The zero-order valence-electron chi connectivity index (χ0n) is 9.88. The molecule has 0 aliphatic heterocycles. The lowest BCUT2D eigenvalue weighted by atomic mass is 10.00. The molecule has 0 saturated heterocycles. The number of methoxy groups -OCH3 is 1. The largest absolute Gasteiger partial charge is 0.496 e. The van der Waals surface area contributed by atoms with Crippen LogP contribution in [0.4, 0.5) is 4.39 Å². The Kier molecular flexibility index (Phi) is 4.93. The molecule has 0 fully saturated rings. The van der Waals surface area contributed by atoms with Gasteiger partial charge in [0.15, 0.2) is 0 Å². The number of ether oxygens (including phenoxy) is 1.